The molecule has 0 saturated heterocycles. The van der Waals surface area contributed by atoms with Crippen LogP contribution < -0.4 is 5.56 Å². The molecule has 7 nitrogen and oxygen atoms in total. The zero-order valence-corrected chi connectivity index (χ0v) is 15.3. The Balaban J connectivity index is 2.07. The molecule has 146 valence electrons. The standard InChI is InChI=1S/C20H15F2N5O2/c1-11(9-28)27-10-25-19-16(20(27)29)4-17(12-2-14(21)7-23-5-12)26-18(19)13-3-15(22)8-24-6-13/h2-8,10-11,28H,9H2,1H3. The Bertz CT molecular complexity index is 1280. The van der Waals surface area contributed by atoms with Crippen LogP contribution in [0.25, 0.3) is 33.4 Å². The zero-order valence-electron chi connectivity index (χ0n) is 15.3. The largest absolute Gasteiger partial charge is 0.394 e. The zero-order chi connectivity index (χ0) is 20.5. The second-order valence-electron chi connectivity index (χ2n) is 6.52. The number of nitrogens with zero attached hydrogens (tertiary/aromatic N) is 5. The molecule has 1 atom stereocenters. The van der Waals surface area contributed by atoms with Gasteiger partial charge in [-0.05, 0) is 25.1 Å². The van der Waals surface area contributed by atoms with Crippen LogP contribution in [0.4, 0.5) is 8.78 Å². The van der Waals surface area contributed by atoms with E-state index in [4.69, 9.17) is 0 Å². The number of aliphatic hydroxyl groups excluding tert-OH is 1. The lowest BCUT2D eigenvalue weighted by Gasteiger charge is -2.14. The Kier molecular flexibility index (Phi) is 4.81. The number of pyridine rings is 3. The van der Waals surface area contributed by atoms with Gasteiger partial charge in [0.1, 0.15) is 17.2 Å². The summed E-state index contributed by atoms with van der Waals surface area (Å²) < 4.78 is 28.7. The van der Waals surface area contributed by atoms with E-state index in [1.165, 1.54) is 41.5 Å². The number of aromatic nitrogens is 5. The average Bonchev–Trinajstić information content (AvgIpc) is 2.73. The fraction of sp³-hybridized carbons (Fsp3) is 0.150. The summed E-state index contributed by atoms with van der Waals surface area (Å²) in [6, 6.07) is 3.45. The van der Waals surface area contributed by atoms with Crippen LogP contribution in [0.15, 0.2) is 54.1 Å². The molecule has 0 fully saturated rings. The van der Waals surface area contributed by atoms with Gasteiger partial charge in [0.05, 0.1) is 48.1 Å². The first-order valence-electron chi connectivity index (χ1n) is 8.72. The van der Waals surface area contributed by atoms with Crippen LogP contribution in [0, 0.1) is 11.6 Å². The van der Waals surface area contributed by atoms with Crippen LogP contribution >= 0.6 is 0 Å². The van der Waals surface area contributed by atoms with Crippen LogP contribution in [0.2, 0.25) is 0 Å². The van der Waals surface area contributed by atoms with E-state index in [9.17, 15) is 18.7 Å². The quantitative estimate of drug-likeness (QED) is 0.571. The van der Waals surface area contributed by atoms with Crippen molar-refractivity contribution in [1.29, 1.82) is 0 Å². The third kappa shape index (κ3) is 3.47. The van der Waals surface area contributed by atoms with Crippen molar-refractivity contribution in [3.05, 3.63) is 71.3 Å². The SMILES string of the molecule is CC(CO)n1cnc2c(-c3cncc(F)c3)nc(-c3cncc(F)c3)cc2c1=O. The van der Waals surface area contributed by atoms with Gasteiger partial charge in [0.25, 0.3) is 5.56 Å². The van der Waals surface area contributed by atoms with Gasteiger partial charge in [-0.3, -0.25) is 19.3 Å². The van der Waals surface area contributed by atoms with Gasteiger partial charge < -0.3 is 5.11 Å². The predicted octanol–water partition coefficient (Wildman–Crippen LogP) is 2.75. The highest BCUT2D eigenvalue weighted by Crippen LogP contribution is 2.28. The molecule has 4 rings (SSSR count). The summed E-state index contributed by atoms with van der Waals surface area (Å²) in [5.41, 5.74) is 1.02. The molecule has 0 amide bonds. The second kappa shape index (κ2) is 7.44. The summed E-state index contributed by atoms with van der Waals surface area (Å²) in [6.07, 6.45) is 6.24. The molecular formula is C20H15F2N5O2. The smallest absolute Gasteiger partial charge is 0.261 e. The second-order valence-corrected chi connectivity index (χ2v) is 6.52. The lowest BCUT2D eigenvalue weighted by molar-refractivity contribution is 0.236. The van der Waals surface area contributed by atoms with Gasteiger partial charge >= 0.3 is 0 Å². The number of rotatable bonds is 4. The van der Waals surface area contributed by atoms with E-state index >= 15 is 0 Å². The molecule has 9 heteroatoms. The van der Waals surface area contributed by atoms with Gasteiger partial charge in [-0.25, -0.2) is 18.7 Å². The van der Waals surface area contributed by atoms with Crippen molar-refractivity contribution in [1.82, 2.24) is 24.5 Å². The van der Waals surface area contributed by atoms with Crippen LogP contribution in [-0.4, -0.2) is 36.2 Å². The van der Waals surface area contributed by atoms with E-state index in [1.54, 1.807) is 6.92 Å². The van der Waals surface area contributed by atoms with E-state index in [1.807, 2.05) is 0 Å². The van der Waals surface area contributed by atoms with E-state index in [0.29, 0.717) is 11.1 Å². The normalized spacial score (nSPS) is 12.3. The number of aliphatic hydroxyl groups is 1. The van der Waals surface area contributed by atoms with Gasteiger partial charge in [-0.2, -0.15) is 0 Å². The average molecular weight is 395 g/mol. The molecular weight excluding hydrogens is 380 g/mol. The van der Waals surface area contributed by atoms with Crippen molar-refractivity contribution in [2.24, 2.45) is 0 Å². The van der Waals surface area contributed by atoms with Crippen molar-refractivity contribution >= 4 is 10.9 Å². The molecule has 1 unspecified atom stereocenters. The molecule has 0 radical (unpaired) electrons. The number of hydrogen-bond acceptors (Lipinski definition) is 6. The van der Waals surface area contributed by atoms with Gasteiger partial charge in [-0.15, -0.1) is 0 Å². The summed E-state index contributed by atoms with van der Waals surface area (Å²) in [7, 11) is 0. The molecule has 0 aliphatic carbocycles. The predicted molar refractivity (Wildman–Crippen MR) is 102 cm³/mol. The first kappa shape index (κ1) is 18.8. The first-order chi connectivity index (χ1) is 14.0. The Morgan fingerprint density at radius 3 is 2.34 bits per heavy atom. The lowest BCUT2D eigenvalue weighted by Crippen LogP contribution is -2.25. The van der Waals surface area contributed by atoms with Crippen molar-refractivity contribution < 1.29 is 13.9 Å². The number of fused-ring (bicyclic) bond motifs is 1. The summed E-state index contributed by atoms with van der Waals surface area (Å²) >= 11 is 0. The summed E-state index contributed by atoms with van der Waals surface area (Å²) in [6.45, 7) is 1.42. The molecule has 4 aromatic rings. The molecule has 0 aliphatic heterocycles. The number of halogens is 2. The van der Waals surface area contributed by atoms with E-state index < -0.39 is 23.2 Å². The van der Waals surface area contributed by atoms with Gasteiger partial charge in [0, 0.05) is 23.5 Å². The molecule has 4 aromatic heterocycles. The number of hydrogen-bond donors (Lipinski definition) is 1. The van der Waals surface area contributed by atoms with Crippen molar-refractivity contribution in [2.75, 3.05) is 6.61 Å². The summed E-state index contributed by atoms with van der Waals surface area (Å²) in [4.78, 5) is 29.5. The maximum Gasteiger partial charge on any atom is 0.261 e. The fourth-order valence-electron chi connectivity index (χ4n) is 2.99. The van der Waals surface area contributed by atoms with Gasteiger partial charge in [0.2, 0.25) is 0 Å². The monoisotopic (exact) mass is 395 g/mol. The van der Waals surface area contributed by atoms with E-state index in [2.05, 4.69) is 19.9 Å². The van der Waals surface area contributed by atoms with Crippen molar-refractivity contribution in [3.8, 4) is 22.5 Å². The first-order valence-corrected chi connectivity index (χ1v) is 8.72. The third-order valence-corrected chi connectivity index (χ3v) is 4.49. The van der Waals surface area contributed by atoms with E-state index in [-0.39, 0.29) is 28.9 Å². The Labute approximate surface area is 163 Å². The van der Waals surface area contributed by atoms with Crippen LogP contribution in [0.5, 0.6) is 0 Å². The summed E-state index contributed by atoms with van der Waals surface area (Å²) in [5, 5.41) is 9.61. The Morgan fingerprint density at radius 1 is 1.03 bits per heavy atom. The fourth-order valence-corrected chi connectivity index (χ4v) is 2.99. The molecule has 1 N–H and O–H groups in total. The van der Waals surface area contributed by atoms with Gasteiger partial charge in [0.15, 0.2) is 0 Å². The highest BCUT2D eigenvalue weighted by molar-refractivity contribution is 5.93. The minimum atomic E-state index is -0.572. The molecule has 0 aliphatic rings. The molecule has 0 spiro atoms. The van der Waals surface area contributed by atoms with Crippen LogP contribution in [-0.2, 0) is 0 Å². The van der Waals surface area contributed by atoms with Crippen LogP contribution in [0.1, 0.15) is 13.0 Å². The van der Waals surface area contributed by atoms with Crippen LogP contribution in [0.3, 0.4) is 0 Å². The molecule has 4 heterocycles. The maximum absolute atomic E-state index is 13.8. The molecule has 29 heavy (non-hydrogen) atoms. The highest BCUT2D eigenvalue weighted by atomic mass is 19.1. The minimum Gasteiger partial charge on any atom is -0.394 e. The van der Waals surface area contributed by atoms with Crippen molar-refractivity contribution in [2.45, 2.75) is 13.0 Å². The Morgan fingerprint density at radius 2 is 1.69 bits per heavy atom. The maximum atomic E-state index is 13.8. The molecule has 0 aromatic carbocycles. The Hall–Kier alpha value is -3.59. The third-order valence-electron chi connectivity index (χ3n) is 4.49. The molecule has 0 bridgehead atoms. The van der Waals surface area contributed by atoms with E-state index in [0.717, 1.165) is 12.4 Å². The van der Waals surface area contributed by atoms with Crippen molar-refractivity contribution in [3.63, 3.8) is 0 Å². The minimum absolute atomic E-state index is 0.196. The molecule has 0 saturated carbocycles. The van der Waals surface area contributed by atoms with Gasteiger partial charge in [-0.1, -0.05) is 0 Å². The summed E-state index contributed by atoms with van der Waals surface area (Å²) in [5.74, 6) is -1.13. The topological polar surface area (TPSA) is 93.8 Å². The lowest BCUT2D eigenvalue weighted by atomic mass is 10.1. The highest BCUT2D eigenvalue weighted by Gasteiger charge is 2.17.